The van der Waals surface area contributed by atoms with Crippen LogP contribution in [0, 0.1) is 11.6 Å². The van der Waals surface area contributed by atoms with Crippen LogP contribution >= 0.6 is 11.8 Å². The molecule has 0 spiro atoms. The Labute approximate surface area is 175 Å². The molecule has 2 aromatic heterocycles. The van der Waals surface area contributed by atoms with Crippen LogP contribution in [0.25, 0.3) is 11.6 Å². The summed E-state index contributed by atoms with van der Waals surface area (Å²) in [6.07, 6.45) is 2.39. The van der Waals surface area contributed by atoms with Crippen LogP contribution in [0.1, 0.15) is 29.0 Å². The van der Waals surface area contributed by atoms with Gasteiger partial charge in [0.2, 0.25) is 0 Å². The van der Waals surface area contributed by atoms with Gasteiger partial charge in [-0.2, -0.15) is 0 Å². The zero-order chi connectivity index (χ0) is 21.3. The minimum Gasteiger partial charge on any atom is -0.456 e. The van der Waals surface area contributed by atoms with Gasteiger partial charge in [-0.25, -0.2) is 8.78 Å². The molecule has 4 rings (SSSR count). The largest absolute Gasteiger partial charge is 0.456 e. The van der Waals surface area contributed by atoms with Crippen molar-refractivity contribution in [1.29, 1.82) is 0 Å². The number of halogens is 2. The number of hydrogen-bond acceptors (Lipinski definition) is 7. The Morgan fingerprint density at radius 1 is 1.20 bits per heavy atom. The minimum atomic E-state index is -0.910. The first-order chi connectivity index (χ1) is 14.5. The summed E-state index contributed by atoms with van der Waals surface area (Å²) in [7, 11) is 1.68. The Kier molecular flexibility index (Phi) is 5.98. The number of furan rings is 1. The van der Waals surface area contributed by atoms with Crippen LogP contribution in [-0.4, -0.2) is 50.3 Å². The number of aliphatic hydroxyl groups is 1. The Balaban J connectivity index is 1.54. The summed E-state index contributed by atoms with van der Waals surface area (Å²) in [5, 5.41) is 17.3. The highest BCUT2D eigenvalue weighted by Crippen LogP contribution is 2.33. The molecule has 0 aliphatic carbocycles. The van der Waals surface area contributed by atoms with Crippen LogP contribution < -0.4 is 0 Å². The number of Topliss-reactive ketones (excluding diaryl/α,β-unsaturated/α-hetero) is 1. The van der Waals surface area contributed by atoms with Gasteiger partial charge in [0.25, 0.3) is 0 Å². The number of carbonyl (C=O) groups excluding carboxylic acids is 1. The second-order valence-corrected chi connectivity index (χ2v) is 8.04. The van der Waals surface area contributed by atoms with E-state index in [4.69, 9.17) is 9.52 Å². The molecular weight excluding hydrogens is 414 g/mol. The number of benzene rings is 1. The molecule has 0 atom stereocenters. The van der Waals surface area contributed by atoms with Gasteiger partial charge in [0.1, 0.15) is 24.0 Å². The third-order valence-electron chi connectivity index (χ3n) is 4.95. The van der Waals surface area contributed by atoms with E-state index in [0.29, 0.717) is 11.6 Å². The molecule has 30 heavy (non-hydrogen) atoms. The molecule has 1 aromatic carbocycles. The van der Waals surface area contributed by atoms with Crippen molar-refractivity contribution in [1.82, 2.24) is 19.7 Å². The minimum absolute atomic E-state index is 0.225. The van der Waals surface area contributed by atoms with E-state index in [0.717, 1.165) is 49.3 Å². The first kappa shape index (κ1) is 20.7. The van der Waals surface area contributed by atoms with E-state index < -0.39 is 24.0 Å². The molecule has 158 valence electrons. The monoisotopic (exact) mass is 434 g/mol. The molecule has 3 heterocycles. The molecule has 1 fully saturated rings. The predicted molar refractivity (Wildman–Crippen MR) is 105 cm³/mol. The lowest BCUT2D eigenvalue weighted by atomic mass is 10.1. The van der Waals surface area contributed by atoms with Gasteiger partial charge in [0.15, 0.2) is 22.5 Å². The van der Waals surface area contributed by atoms with Gasteiger partial charge in [0.05, 0.1) is 11.4 Å². The highest BCUT2D eigenvalue weighted by molar-refractivity contribution is 7.99. The molecule has 1 aliphatic rings. The van der Waals surface area contributed by atoms with Crippen molar-refractivity contribution in [3.8, 4) is 11.6 Å². The second-order valence-electron chi connectivity index (χ2n) is 7.07. The topological polar surface area (TPSA) is 84.4 Å². The summed E-state index contributed by atoms with van der Waals surface area (Å²) in [4.78, 5) is 13.5. The molecule has 0 radical (unpaired) electrons. The normalized spacial score (nSPS) is 14.5. The van der Waals surface area contributed by atoms with Crippen LogP contribution in [0.2, 0.25) is 0 Å². The number of nitrogens with zero attached hydrogens (tertiary/aromatic N) is 4. The molecule has 1 saturated heterocycles. The van der Waals surface area contributed by atoms with Crippen LogP contribution in [0.5, 0.6) is 0 Å². The molecule has 1 N–H and O–H groups in total. The van der Waals surface area contributed by atoms with Gasteiger partial charge >= 0.3 is 0 Å². The van der Waals surface area contributed by atoms with Gasteiger partial charge in [-0.05, 0) is 62.0 Å². The summed E-state index contributed by atoms with van der Waals surface area (Å²) in [6, 6.07) is 5.50. The summed E-state index contributed by atoms with van der Waals surface area (Å²) < 4.78 is 36.2. The van der Waals surface area contributed by atoms with Gasteiger partial charge in [-0.15, -0.1) is 10.2 Å². The van der Waals surface area contributed by atoms with Crippen molar-refractivity contribution in [3.63, 3.8) is 0 Å². The number of ketones is 1. The highest BCUT2D eigenvalue weighted by atomic mass is 32.2. The summed E-state index contributed by atoms with van der Waals surface area (Å²) in [5.74, 6) is -0.786. The van der Waals surface area contributed by atoms with Crippen molar-refractivity contribution in [2.45, 2.75) is 29.4 Å². The Morgan fingerprint density at radius 2 is 1.90 bits per heavy atom. The average molecular weight is 434 g/mol. The number of hydrogen-bond donors (Lipinski definition) is 1. The van der Waals surface area contributed by atoms with Crippen LogP contribution in [-0.2, 0) is 13.6 Å². The average Bonchev–Trinajstić information content (AvgIpc) is 3.47. The van der Waals surface area contributed by atoms with E-state index in [1.807, 2.05) is 6.07 Å². The Hall–Kier alpha value is -2.56. The second kappa shape index (κ2) is 8.66. The van der Waals surface area contributed by atoms with E-state index in [9.17, 15) is 13.6 Å². The van der Waals surface area contributed by atoms with Crippen molar-refractivity contribution in [3.05, 3.63) is 47.2 Å². The van der Waals surface area contributed by atoms with Crippen molar-refractivity contribution in [2.75, 3.05) is 19.7 Å². The maximum atomic E-state index is 14.4. The first-order valence-corrected chi connectivity index (χ1v) is 10.3. The van der Waals surface area contributed by atoms with Gasteiger partial charge in [0, 0.05) is 12.6 Å². The molecule has 0 saturated carbocycles. The quantitative estimate of drug-likeness (QED) is 0.572. The first-order valence-electron chi connectivity index (χ1n) is 9.48. The highest BCUT2D eigenvalue weighted by Gasteiger charge is 2.21. The van der Waals surface area contributed by atoms with Gasteiger partial charge in [-0.1, -0.05) is 0 Å². The zero-order valence-corrected chi connectivity index (χ0v) is 17.1. The smallest absolute Gasteiger partial charge is 0.200 e. The third kappa shape index (κ3) is 4.16. The number of aliphatic hydroxyl groups excluding tert-OH is 1. The molecule has 10 heteroatoms. The SMILES string of the molecule is Cn1c(Sc2c(F)cc(C(=O)CO)cc2F)nnc1-c1ccc(CN2CCCC2)o1. The van der Waals surface area contributed by atoms with Crippen LogP contribution in [0.3, 0.4) is 0 Å². The van der Waals surface area contributed by atoms with E-state index in [2.05, 4.69) is 15.1 Å². The summed E-state index contributed by atoms with van der Waals surface area (Å²) in [5.41, 5.74) is -0.225. The fraction of sp³-hybridized carbons (Fsp3) is 0.350. The van der Waals surface area contributed by atoms with Crippen LogP contribution in [0.4, 0.5) is 8.78 Å². The van der Waals surface area contributed by atoms with E-state index in [1.54, 1.807) is 17.7 Å². The lowest BCUT2D eigenvalue weighted by Gasteiger charge is -2.11. The summed E-state index contributed by atoms with van der Waals surface area (Å²) >= 11 is 0.760. The van der Waals surface area contributed by atoms with E-state index >= 15 is 0 Å². The third-order valence-corrected chi connectivity index (χ3v) is 6.08. The van der Waals surface area contributed by atoms with Crippen molar-refractivity contribution >= 4 is 17.5 Å². The number of carbonyl (C=O) groups is 1. The van der Waals surface area contributed by atoms with Crippen molar-refractivity contribution in [2.24, 2.45) is 7.05 Å². The maximum absolute atomic E-state index is 14.4. The molecular formula is C20H20F2N4O3S. The molecule has 0 unspecified atom stereocenters. The molecule has 0 amide bonds. The van der Waals surface area contributed by atoms with E-state index in [-0.39, 0.29) is 15.6 Å². The summed E-state index contributed by atoms with van der Waals surface area (Å²) in [6.45, 7) is 2.02. The Morgan fingerprint density at radius 3 is 2.57 bits per heavy atom. The molecule has 1 aliphatic heterocycles. The Bertz CT molecular complexity index is 1050. The predicted octanol–water partition coefficient (Wildman–Crippen LogP) is 3.28. The lowest BCUT2D eigenvalue weighted by Crippen LogP contribution is -2.17. The zero-order valence-electron chi connectivity index (χ0n) is 16.3. The fourth-order valence-electron chi connectivity index (χ4n) is 3.36. The maximum Gasteiger partial charge on any atom is 0.200 e. The lowest BCUT2D eigenvalue weighted by molar-refractivity contribution is 0.0902. The fourth-order valence-corrected chi connectivity index (χ4v) is 4.16. The molecule has 0 bridgehead atoms. The van der Waals surface area contributed by atoms with E-state index in [1.165, 1.54) is 12.8 Å². The standard InChI is InChI=1S/C20H20F2N4O3S/c1-25-19(17-5-4-13(29-17)10-26-6-2-3-7-26)23-24-20(25)30-18-14(21)8-12(9-15(18)22)16(28)11-27/h4-5,8-9,27H,2-3,6-7,10-11H2,1H3. The number of rotatable bonds is 7. The molecule has 7 nitrogen and oxygen atoms in total. The number of aromatic nitrogens is 3. The van der Waals surface area contributed by atoms with Gasteiger partial charge in [-0.3, -0.25) is 9.69 Å². The van der Waals surface area contributed by atoms with Crippen LogP contribution in [0.15, 0.2) is 38.7 Å². The number of likely N-dealkylation sites (tertiary alicyclic amines) is 1. The van der Waals surface area contributed by atoms with Crippen molar-refractivity contribution < 1.29 is 23.1 Å². The van der Waals surface area contributed by atoms with Gasteiger partial charge < -0.3 is 14.1 Å². The molecule has 3 aromatic rings.